The first-order chi connectivity index (χ1) is 20.7. The number of nitrogens with zero attached hydrogens (tertiary/aromatic N) is 5. The first kappa shape index (κ1) is 29.1. The zero-order valence-electron chi connectivity index (χ0n) is 23.2. The second-order valence-corrected chi connectivity index (χ2v) is 14.4. The molecule has 6 aromatic rings. The van der Waals surface area contributed by atoms with Gasteiger partial charge in [0, 0.05) is 48.1 Å². The van der Waals surface area contributed by atoms with E-state index in [4.69, 9.17) is 9.97 Å². The Bertz CT molecular complexity index is 2040. The highest BCUT2D eigenvalue weighted by Gasteiger charge is 2.31. The maximum atomic E-state index is 13.4. The number of aryl methyl sites for hydroxylation is 1. The van der Waals surface area contributed by atoms with Crippen molar-refractivity contribution >= 4 is 118 Å². The Morgan fingerprint density at radius 3 is 2.70 bits per heavy atom. The minimum atomic E-state index is -0.149. The minimum absolute atomic E-state index is 0.00459. The van der Waals surface area contributed by atoms with Crippen molar-refractivity contribution < 1.29 is 4.79 Å². The second-order valence-electron chi connectivity index (χ2n) is 10.9. The number of likely N-dealkylation sites (tertiary alicyclic amines) is 1. The van der Waals surface area contributed by atoms with Crippen molar-refractivity contribution in [3.63, 3.8) is 0 Å². The number of carbonyl (C=O) groups is 1. The summed E-state index contributed by atoms with van der Waals surface area (Å²) in [6, 6.07) is 14.4. The molecule has 13 heteroatoms. The second kappa shape index (κ2) is 11.7. The fraction of sp³-hybridized carbons (Fsp3) is 0.233. The van der Waals surface area contributed by atoms with Crippen molar-refractivity contribution in [2.24, 2.45) is 0 Å². The summed E-state index contributed by atoms with van der Waals surface area (Å²) >= 11 is 6.88. The summed E-state index contributed by atoms with van der Waals surface area (Å²) in [5.74, 6) is 0.581. The van der Waals surface area contributed by atoms with Crippen LogP contribution in [-0.4, -0.2) is 60.8 Å². The van der Waals surface area contributed by atoms with Gasteiger partial charge in [0.2, 0.25) is 0 Å². The molecule has 1 fully saturated rings. The SMILES string of the molecule is Cc1n[nH]c2c(Nc3ccnc4c(C5CC(NC(=O)c6n[nH]c7ccc(I)cc67)CCN5C)cc(I)cc34)nc(I)cc12. The van der Waals surface area contributed by atoms with Gasteiger partial charge in [-0.3, -0.25) is 24.9 Å². The van der Waals surface area contributed by atoms with Gasteiger partial charge in [-0.25, -0.2) is 4.98 Å². The van der Waals surface area contributed by atoms with Gasteiger partial charge in [-0.05, 0) is 143 Å². The van der Waals surface area contributed by atoms with E-state index in [-0.39, 0.29) is 18.0 Å². The van der Waals surface area contributed by atoms with Gasteiger partial charge in [-0.2, -0.15) is 10.2 Å². The Labute approximate surface area is 288 Å². The van der Waals surface area contributed by atoms with Crippen molar-refractivity contribution in [1.29, 1.82) is 0 Å². The molecule has 1 amide bonds. The molecule has 10 nitrogen and oxygen atoms in total. The highest BCUT2D eigenvalue weighted by molar-refractivity contribution is 14.1. The molecule has 0 aliphatic carbocycles. The van der Waals surface area contributed by atoms with Crippen molar-refractivity contribution in [3.05, 3.63) is 76.5 Å². The normalized spacial score (nSPS) is 17.6. The molecule has 7 rings (SSSR count). The highest BCUT2D eigenvalue weighted by Crippen LogP contribution is 2.38. The van der Waals surface area contributed by atoms with Gasteiger partial charge in [-0.15, -0.1) is 0 Å². The minimum Gasteiger partial charge on any atom is -0.348 e. The molecule has 1 aliphatic heterocycles. The lowest BCUT2D eigenvalue weighted by atomic mass is 9.90. The monoisotopic (exact) mass is 909 g/mol. The number of pyridine rings is 2. The molecular formula is C30H26I3N9O. The average molecular weight is 909 g/mol. The van der Waals surface area contributed by atoms with Crippen molar-refractivity contribution in [2.75, 3.05) is 18.9 Å². The largest absolute Gasteiger partial charge is 0.348 e. The molecule has 2 unspecified atom stereocenters. The van der Waals surface area contributed by atoms with E-state index in [1.807, 2.05) is 43.5 Å². The average Bonchev–Trinajstić information content (AvgIpc) is 3.57. The lowest BCUT2D eigenvalue weighted by Gasteiger charge is -2.38. The van der Waals surface area contributed by atoms with Crippen LogP contribution < -0.4 is 10.6 Å². The zero-order valence-corrected chi connectivity index (χ0v) is 29.6. The van der Waals surface area contributed by atoms with Gasteiger partial charge >= 0.3 is 0 Å². The van der Waals surface area contributed by atoms with E-state index in [1.54, 1.807) is 0 Å². The van der Waals surface area contributed by atoms with E-state index >= 15 is 0 Å². The number of aromatic nitrogens is 6. The molecule has 4 N–H and O–H groups in total. The van der Waals surface area contributed by atoms with Crippen LogP contribution in [0.25, 0.3) is 32.7 Å². The molecule has 43 heavy (non-hydrogen) atoms. The van der Waals surface area contributed by atoms with Crippen LogP contribution in [0.4, 0.5) is 11.5 Å². The Hall–Kier alpha value is -2.64. The van der Waals surface area contributed by atoms with Crippen LogP contribution in [0.1, 0.15) is 40.6 Å². The van der Waals surface area contributed by atoms with Gasteiger partial charge in [0.25, 0.3) is 5.91 Å². The number of rotatable bonds is 5. The summed E-state index contributed by atoms with van der Waals surface area (Å²) < 4.78 is 3.07. The summed E-state index contributed by atoms with van der Waals surface area (Å²) in [6.07, 6.45) is 3.47. The third kappa shape index (κ3) is 5.56. The maximum absolute atomic E-state index is 13.4. The molecule has 0 spiro atoms. The summed E-state index contributed by atoms with van der Waals surface area (Å²) in [5, 5.41) is 24.6. The van der Waals surface area contributed by atoms with E-state index in [0.29, 0.717) is 5.69 Å². The van der Waals surface area contributed by atoms with E-state index < -0.39 is 0 Å². The van der Waals surface area contributed by atoms with Crippen LogP contribution in [0.2, 0.25) is 0 Å². The summed E-state index contributed by atoms with van der Waals surface area (Å²) in [6.45, 7) is 2.84. The van der Waals surface area contributed by atoms with Crippen molar-refractivity contribution in [3.8, 4) is 0 Å². The maximum Gasteiger partial charge on any atom is 0.272 e. The summed E-state index contributed by atoms with van der Waals surface area (Å²) in [7, 11) is 2.15. The number of amides is 1. The van der Waals surface area contributed by atoms with Crippen LogP contribution in [0.3, 0.4) is 0 Å². The number of piperidine rings is 1. The lowest BCUT2D eigenvalue weighted by molar-refractivity contribution is 0.0885. The highest BCUT2D eigenvalue weighted by atomic mass is 127. The molecule has 4 aromatic heterocycles. The Balaban J connectivity index is 1.20. The molecule has 2 aromatic carbocycles. The predicted molar refractivity (Wildman–Crippen MR) is 194 cm³/mol. The lowest BCUT2D eigenvalue weighted by Crippen LogP contribution is -2.45. The quantitative estimate of drug-likeness (QED) is 0.111. The molecule has 2 atom stereocenters. The fourth-order valence-corrected chi connectivity index (χ4v) is 7.62. The smallest absolute Gasteiger partial charge is 0.272 e. The van der Waals surface area contributed by atoms with Gasteiger partial charge in [-0.1, -0.05) is 0 Å². The molecule has 5 heterocycles. The van der Waals surface area contributed by atoms with Crippen molar-refractivity contribution in [2.45, 2.75) is 31.8 Å². The number of hydrogen-bond donors (Lipinski definition) is 4. The Morgan fingerprint density at radius 1 is 1.00 bits per heavy atom. The predicted octanol–water partition coefficient (Wildman–Crippen LogP) is 6.81. The number of nitrogens with one attached hydrogen (secondary N) is 4. The number of anilines is 2. The number of fused-ring (bicyclic) bond motifs is 3. The first-order valence-electron chi connectivity index (χ1n) is 13.8. The number of H-pyrrole nitrogens is 2. The summed E-state index contributed by atoms with van der Waals surface area (Å²) in [4.78, 5) is 25.4. The van der Waals surface area contributed by atoms with Gasteiger partial charge < -0.3 is 10.6 Å². The zero-order chi connectivity index (χ0) is 29.8. The van der Waals surface area contributed by atoms with E-state index in [0.717, 1.165) is 85.7 Å². The third-order valence-corrected chi connectivity index (χ3v) is 9.96. The van der Waals surface area contributed by atoms with E-state index in [2.05, 4.69) is 123 Å². The standard InChI is InChI=1S/C30H26I3N9O/c1-14-18-13-25(33)37-29(27(18)40-38-14)36-22-5-7-34-26-19(22)10-16(32)11-21(26)24-12-17(6-8-42(24)2)35-30(43)28-20-9-15(31)3-4-23(20)39-41-28/h3-5,7,9-11,13,17,24H,6,8,12H2,1-2H3,(H,35,43)(H,38,40)(H,39,41)(H,34,36,37). The molecule has 1 aliphatic rings. The van der Waals surface area contributed by atoms with Gasteiger partial charge in [0.05, 0.1) is 22.4 Å². The topological polar surface area (TPSA) is 128 Å². The number of benzene rings is 2. The number of hydrogen-bond acceptors (Lipinski definition) is 7. The number of aromatic amines is 2. The first-order valence-corrected chi connectivity index (χ1v) is 17.0. The van der Waals surface area contributed by atoms with E-state index in [1.165, 1.54) is 0 Å². The molecular weight excluding hydrogens is 883 g/mol. The van der Waals surface area contributed by atoms with Crippen LogP contribution in [0.15, 0.2) is 48.7 Å². The third-order valence-electron chi connectivity index (χ3n) is 8.11. The van der Waals surface area contributed by atoms with Crippen LogP contribution in [0, 0.1) is 17.8 Å². The molecule has 0 bridgehead atoms. The number of carbonyl (C=O) groups excluding carboxylic acids is 1. The van der Waals surface area contributed by atoms with E-state index in [9.17, 15) is 4.79 Å². The van der Waals surface area contributed by atoms with Crippen LogP contribution >= 0.6 is 67.8 Å². The Morgan fingerprint density at radius 2 is 1.84 bits per heavy atom. The molecule has 1 saturated heterocycles. The molecule has 218 valence electrons. The fourth-order valence-electron chi connectivity index (χ4n) is 5.93. The van der Waals surface area contributed by atoms with Crippen LogP contribution in [-0.2, 0) is 0 Å². The van der Waals surface area contributed by atoms with Gasteiger partial charge in [0.15, 0.2) is 11.5 Å². The molecule has 0 radical (unpaired) electrons. The number of halogens is 3. The Kier molecular flexibility index (Phi) is 7.92. The van der Waals surface area contributed by atoms with Crippen molar-refractivity contribution in [1.82, 2.24) is 40.6 Å². The van der Waals surface area contributed by atoms with Crippen LogP contribution in [0.5, 0.6) is 0 Å². The molecule has 0 saturated carbocycles. The summed E-state index contributed by atoms with van der Waals surface area (Å²) in [5.41, 5.74) is 6.11. The van der Waals surface area contributed by atoms with Gasteiger partial charge in [0.1, 0.15) is 9.22 Å².